The second-order valence-electron chi connectivity index (χ2n) is 7.31. The number of urea groups is 1. The van der Waals surface area contributed by atoms with Gasteiger partial charge in [0.1, 0.15) is 17.9 Å². The van der Waals surface area contributed by atoms with Crippen LogP contribution in [0.15, 0.2) is 81.2 Å². The highest BCUT2D eigenvalue weighted by molar-refractivity contribution is 9.10. The highest BCUT2D eigenvalue weighted by Gasteiger charge is 2.37. The molecule has 1 aliphatic heterocycles. The van der Waals surface area contributed by atoms with Crippen LogP contribution in [0.3, 0.4) is 0 Å². The summed E-state index contributed by atoms with van der Waals surface area (Å²) in [6.07, 6.45) is 1.45. The van der Waals surface area contributed by atoms with Gasteiger partial charge in [-0.2, -0.15) is 0 Å². The highest BCUT2D eigenvalue weighted by atomic mass is 79.9. The van der Waals surface area contributed by atoms with Crippen molar-refractivity contribution in [3.63, 3.8) is 0 Å². The predicted octanol–water partition coefficient (Wildman–Crippen LogP) is 5.77. The molecule has 0 radical (unpaired) electrons. The molecule has 0 aromatic heterocycles. The Balaban J connectivity index is 1.67. The van der Waals surface area contributed by atoms with E-state index in [1.54, 1.807) is 49.4 Å². The molecule has 1 saturated heterocycles. The zero-order chi connectivity index (χ0) is 23.5. The fourth-order valence-corrected chi connectivity index (χ4v) is 4.28. The number of carbonyl (C=O) groups is 3. The summed E-state index contributed by atoms with van der Waals surface area (Å²) >= 11 is 6.87. The van der Waals surface area contributed by atoms with Crippen LogP contribution in [0.25, 0.3) is 6.08 Å². The number of para-hydroxylation sites is 1. The molecular formula is C25H18Br2N2O4. The van der Waals surface area contributed by atoms with Crippen LogP contribution in [0.5, 0.6) is 5.75 Å². The van der Waals surface area contributed by atoms with Crippen molar-refractivity contribution in [3.8, 4) is 5.75 Å². The summed E-state index contributed by atoms with van der Waals surface area (Å²) in [4.78, 5) is 39.3. The number of barbiturate groups is 1. The third-order valence-corrected chi connectivity index (χ3v) is 6.33. The van der Waals surface area contributed by atoms with Gasteiger partial charge in [0.2, 0.25) is 0 Å². The number of nitrogens with zero attached hydrogens (tertiary/aromatic N) is 1. The molecule has 33 heavy (non-hydrogen) atoms. The standard InChI is InChI=1S/C25H18Br2N2O4/c1-15-12-18(26)10-11-21(15)29-24(31)19(23(30)28-25(29)32)13-16-6-3-5-9-22(16)33-14-17-7-2-4-8-20(17)27/h2-13H,14H2,1H3,(H,28,30,32)/b19-13-. The number of rotatable bonds is 5. The Bertz CT molecular complexity index is 1300. The molecule has 1 heterocycles. The van der Waals surface area contributed by atoms with Crippen molar-refractivity contribution in [2.75, 3.05) is 4.90 Å². The first-order valence-corrected chi connectivity index (χ1v) is 11.6. The molecule has 0 atom stereocenters. The summed E-state index contributed by atoms with van der Waals surface area (Å²) in [5.41, 5.74) is 2.45. The van der Waals surface area contributed by atoms with Gasteiger partial charge in [-0.05, 0) is 48.9 Å². The highest BCUT2D eigenvalue weighted by Crippen LogP contribution is 2.29. The molecule has 0 unspecified atom stereocenters. The number of ether oxygens (including phenoxy) is 1. The summed E-state index contributed by atoms with van der Waals surface area (Å²) in [5.74, 6) is -0.948. The van der Waals surface area contributed by atoms with Crippen LogP contribution < -0.4 is 15.0 Å². The molecule has 3 aromatic rings. The second kappa shape index (κ2) is 9.72. The minimum Gasteiger partial charge on any atom is -0.488 e. The average Bonchev–Trinajstić information content (AvgIpc) is 2.78. The van der Waals surface area contributed by atoms with E-state index in [-0.39, 0.29) is 5.57 Å². The number of hydrogen-bond acceptors (Lipinski definition) is 4. The Kier molecular flexibility index (Phi) is 6.76. The zero-order valence-electron chi connectivity index (χ0n) is 17.5. The largest absolute Gasteiger partial charge is 0.488 e. The maximum Gasteiger partial charge on any atom is 0.335 e. The van der Waals surface area contributed by atoms with Gasteiger partial charge in [-0.3, -0.25) is 14.9 Å². The van der Waals surface area contributed by atoms with E-state index in [2.05, 4.69) is 37.2 Å². The van der Waals surface area contributed by atoms with Crippen molar-refractivity contribution < 1.29 is 19.1 Å². The molecule has 6 nitrogen and oxygen atoms in total. The lowest BCUT2D eigenvalue weighted by atomic mass is 10.0. The third-order valence-electron chi connectivity index (χ3n) is 5.06. The van der Waals surface area contributed by atoms with Gasteiger partial charge in [0.05, 0.1) is 5.69 Å². The van der Waals surface area contributed by atoms with Crippen molar-refractivity contribution in [2.24, 2.45) is 0 Å². The molecular weight excluding hydrogens is 552 g/mol. The number of carbonyl (C=O) groups excluding carboxylic acids is 3. The molecule has 0 saturated carbocycles. The Morgan fingerprint density at radius 2 is 1.70 bits per heavy atom. The van der Waals surface area contributed by atoms with Gasteiger partial charge in [-0.1, -0.05) is 68.3 Å². The van der Waals surface area contributed by atoms with E-state index in [0.717, 1.165) is 19.4 Å². The van der Waals surface area contributed by atoms with Crippen LogP contribution in [0.2, 0.25) is 0 Å². The number of amides is 4. The Labute approximate surface area is 207 Å². The Hall–Kier alpha value is -3.23. The fourth-order valence-electron chi connectivity index (χ4n) is 3.40. The Morgan fingerprint density at radius 1 is 0.970 bits per heavy atom. The summed E-state index contributed by atoms with van der Waals surface area (Å²) in [6.45, 7) is 2.08. The summed E-state index contributed by atoms with van der Waals surface area (Å²) < 4.78 is 7.71. The molecule has 0 spiro atoms. The van der Waals surface area contributed by atoms with E-state index in [0.29, 0.717) is 29.2 Å². The van der Waals surface area contributed by atoms with Crippen molar-refractivity contribution >= 4 is 61.5 Å². The van der Waals surface area contributed by atoms with E-state index < -0.39 is 17.8 Å². The fraction of sp³-hybridized carbons (Fsp3) is 0.0800. The normalized spacial score (nSPS) is 15.1. The number of halogens is 2. The smallest absolute Gasteiger partial charge is 0.335 e. The third kappa shape index (κ3) is 4.91. The maximum absolute atomic E-state index is 13.2. The van der Waals surface area contributed by atoms with E-state index in [9.17, 15) is 14.4 Å². The topological polar surface area (TPSA) is 75.7 Å². The van der Waals surface area contributed by atoms with Gasteiger partial charge in [0.25, 0.3) is 11.8 Å². The van der Waals surface area contributed by atoms with Crippen molar-refractivity contribution in [3.05, 3.63) is 97.9 Å². The molecule has 4 rings (SSSR count). The van der Waals surface area contributed by atoms with Crippen LogP contribution in [-0.2, 0) is 16.2 Å². The molecule has 0 bridgehead atoms. The molecule has 166 valence electrons. The maximum atomic E-state index is 13.2. The van der Waals surface area contributed by atoms with Gasteiger partial charge in [0.15, 0.2) is 0 Å². The summed E-state index contributed by atoms with van der Waals surface area (Å²) in [5, 5.41) is 2.26. The van der Waals surface area contributed by atoms with Crippen LogP contribution in [0, 0.1) is 6.92 Å². The first kappa shape index (κ1) is 22.9. The number of benzene rings is 3. The number of aryl methyl sites for hydroxylation is 1. The monoisotopic (exact) mass is 568 g/mol. The van der Waals surface area contributed by atoms with E-state index in [4.69, 9.17) is 4.74 Å². The second-order valence-corrected chi connectivity index (χ2v) is 9.08. The molecule has 3 aromatic carbocycles. The van der Waals surface area contributed by atoms with Crippen molar-refractivity contribution in [1.29, 1.82) is 0 Å². The zero-order valence-corrected chi connectivity index (χ0v) is 20.6. The minimum absolute atomic E-state index is 0.158. The number of anilines is 1. The van der Waals surface area contributed by atoms with Crippen LogP contribution in [0.1, 0.15) is 16.7 Å². The van der Waals surface area contributed by atoms with Gasteiger partial charge >= 0.3 is 6.03 Å². The minimum atomic E-state index is -0.786. The molecule has 8 heteroatoms. The average molecular weight is 570 g/mol. The molecule has 4 amide bonds. The molecule has 0 aliphatic carbocycles. The summed E-state index contributed by atoms with van der Waals surface area (Å²) in [6, 6.07) is 19.2. The van der Waals surface area contributed by atoms with E-state index >= 15 is 0 Å². The number of nitrogens with one attached hydrogen (secondary N) is 1. The van der Waals surface area contributed by atoms with Crippen LogP contribution >= 0.6 is 31.9 Å². The number of hydrogen-bond donors (Lipinski definition) is 1. The quantitative estimate of drug-likeness (QED) is 0.313. The van der Waals surface area contributed by atoms with Crippen LogP contribution in [0.4, 0.5) is 10.5 Å². The first-order chi connectivity index (χ1) is 15.8. The lowest BCUT2D eigenvalue weighted by molar-refractivity contribution is -0.122. The molecule has 1 fully saturated rings. The van der Waals surface area contributed by atoms with Gasteiger partial charge in [-0.15, -0.1) is 0 Å². The van der Waals surface area contributed by atoms with Gasteiger partial charge in [-0.25, -0.2) is 9.69 Å². The van der Waals surface area contributed by atoms with Gasteiger partial charge in [0, 0.05) is 20.1 Å². The lowest BCUT2D eigenvalue weighted by Crippen LogP contribution is -2.54. The molecule has 1 N–H and O–H groups in total. The van der Waals surface area contributed by atoms with Gasteiger partial charge < -0.3 is 4.74 Å². The summed E-state index contributed by atoms with van der Waals surface area (Å²) in [7, 11) is 0. The number of imide groups is 2. The SMILES string of the molecule is Cc1cc(Br)ccc1N1C(=O)NC(=O)/C(=C/c2ccccc2OCc2ccccc2Br)C1=O. The predicted molar refractivity (Wildman–Crippen MR) is 133 cm³/mol. The Morgan fingerprint density at radius 3 is 2.45 bits per heavy atom. The van der Waals surface area contributed by atoms with E-state index in [1.807, 2.05) is 24.3 Å². The van der Waals surface area contributed by atoms with Crippen LogP contribution in [-0.4, -0.2) is 17.8 Å². The van der Waals surface area contributed by atoms with Crippen molar-refractivity contribution in [2.45, 2.75) is 13.5 Å². The van der Waals surface area contributed by atoms with Crippen molar-refractivity contribution in [1.82, 2.24) is 5.32 Å². The molecule has 1 aliphatic rings. The first-order valence-electron chi connectivity index (χ1n) is 9.98. The lowest BCUT2D eigenvalue weighted by Gasteiger charge is -2.27. The van der Waals surface area contributed by atoms with E-state index in [1.165, 1.54) is 6.08 Å².